The van der Waals surface area contributed by atoms with Crippen molar-refractivity contribution in [1.82, 2.24) is 9.62 Å². The average Bonchev–Trinajstić information content (AvgIpc) is 3.12. The number of benzene rings is 1. The quantitative estimate of drug-likeness (QED) is 0.892. The van der Waals surface area contributed by atoms with Gasteiger partial charge in [-0.25, -0.2) is 8.42 Å². The number of hydrogen-bond acceptors (Lipinski definition) is 4. The van der Waals surface area contributed by atoms with E-state index in [1.54, 1.807) is 12.1 Å². The molecule has 4 rings (SSSR count). The number of hydrogen-bond donors (Lipinski definition) is 1. The molecule has 1 saturated heterocycles. The predicted octanol–water partition coefficient (Wildman–Crippen LogP) is 2.87. The van der Waals surface area contributed by atoms with Crippen LogP contribution in [-0.4, -0.2) is 31.7 Å². The summed E-state index contributed by atoms with van der Waals surface area (Å²) in [6.07, 6.45) is 2.74. The van der Waals surface area contributed by atoms with Crippen LogP contribution in [0.5, 0.6) is 0 Å². The second-order valence-corrected chi connectivity index (χ2v) is 9.89. The first-order chi connectivity index (χ1) is 11.9. The first kappa shape index (κ1) is 16.8. The zero-order valence-corrected chi connectivity index (χ0v) is 15.6. The van der Waals surface area contributed by atoms with Gasteiger partial charge in [-0.1, -0.05) is 23.8 Å². The molecule has 2 aliphatic rings. The maximum Gasteiger partial charge on any atom is 0.261 e. The van der Waals surface area contributed by atoms with Gasteiger partial charge in [-0.15, -0.1) is 11.3 Å². The van der Waals surface area contributed by atoms with Gasteiger partial charge in [-0.3, -0.25) is 4.79 Å². The summed E-state index contributed by atoms with van der Waals surface area (Å²) in [4.78, 5) is 13.0. The van der Waals surface area contributed by atoms with E-state index in [1.807, 2.05) is 0 Å². The van der Waals surface area contributed by atoms with Gasteiger partial charge in [0.05, 0.1) is 10.9 Å². The van der Waals surface area contributed by atoms with Crippen LogP contribution in [0.25, 0.3) is 0 Å². The maximum absolute atomic E-state index is 12.6. The van der Waals surface area contributed by atoms with Crippen molar-refractivity contribution in [3.8, 4) is 0 Å². The number of fused-ring (bicyclic) bond motifs is 1. The molecule has 0 saturated carbocycles. The molecule has 5 nitrogen and oxygen atoms in total. The lowest BCUT2D eigenvalue weighted by Crippen LogP contribution is -2.41. The molecule has 1 atom stereocenters. The van der Waals surface area contributed by atoms with Gasteiger partial charge in [0.15, 0.2) is 0 Å². The van der Waals surface area contributed by atoms with Crippen LogP contribution in [0.15, 0.2) is 34.5 Å². The van der Waals surface area contributed by atoms with E-state index in [1.165, 1.54) is 21.0 Å². The third kappa shape index (κ3) is 3.01. The SMILES string of the molecule is Cc1ccc2c(c1)CC[C@H]2NC(=O)c1ccc(S(=O)(=O)N2CCC2)s1. The van der Waals surface area contributed by atoms with E-state index < -0.39 is 10.0 Å². The molecule has 1 amide bonds. The zero-order chi connectivity index (χ0) is 17.6. The Kier molecular flexibility index (Phi) is 4.17. The summed E-state index contributed by atoms with van der Waals surface area (Å²) in [5.74, 6) is -0.200. The smallest absolute Gasteiger partial charge is 0.261 e. The van der Waals surface area contributed by atoms with Gasteiger partial charge < -0.3 is 5.32 Å². The van der Waals surface area contributed by atoms with Gasteiger partial charge in [0.2, 0.25) is 0 Å². The number of thiophene rings is 1. The lowest BCUT2D eigenvalue weighted by molar-refractivity contribution is 0.0941. The molecule has 1 aliphatic carbocycles. The van der Waals surface area contributed by atoms with Crippen molar-refractivity contribution >= 4 is 27.3 Å². The predicted molar refractivity (Wildman–Crippen MR) is 97.4 cm³/mol. The molecular weight excluding hydrogens is 356 g/mol. The topological polar surface area (TPSA) is 66.5 Å². The van der Waals surface area contributed by atoms with Crippen LogP contribution < -0.4 is 5.32 Å². The van der Waals surface area contributed by atoms with Crippen LogP contribution in [0.2, 0.25) is 0 Å². The molecule has 0 bridgehead atoms. The molecular formula is C18H20N2O3S2. The minimum atomic E-state index is -3.42. The molecule has 2 heterocycles. The molecule has 25 heavy (non-hydrogen) atoms. The molecule has 1 fully saturated rings. The van der Waals surface area contributed by atoms with Crippen LogP contribution in [0.1, 0.15) is 45.2 Å². The van der Waals surface area contributed by atoms with Crippen molar-refractivity contribution in [2.75, 3.05) is 13.1 Å². The average molecular weight is 377 g/mol. The van der Waals surface area contributed by atoms with Gasteiger partial charge >= 0.3 is 0 Å². The molecule has 1 aromatic carbocycles. The summed E-state index contributed by atoms with van der Waals surface area (Å²) in [6, 6.07) is 9.46. The van der Waals surface area contributed by atoms with E-state index in [4.69, 9.17) is 0 Å². The Hall–Kier alpha value is -1.70. The fourth-order valence-electron chi connectivity index (χ4n) is 3.36. The van der Waals surface area contributed by atoms with E-state index in [2.05, 4.69) is 30.4 Å². The highest BCUT2D eigenvalue weighted by atomic mass is 32.2. The fraction of sp³-hybridized carbons (Fsp3) is 0.389. The minimum Gasteiger partial charge on any atom is -0.345 e. The minimum absolute atomic E-state index is 0.000592. The summed E-state index contributed by atoms with van der Waals surface area (Å²) in [5, 5.41) is 3.06. The van der Waals surface area contributed by atoms with Gasteiger partial charge in [0.25, 0.3) is 15.9 Å². The third-order valence-corrected chi connectivity index (χ3v) is 8.35. The van der Waals surface area contributed by atoms with Crippen molar-refractivity contribution in [3.63, 3.8) is 0 Å². The Labute approximate surface area is 151 Å². The number of carbonyl (C=O) groups is 1. The Balaban J connectivity index is 1.50. The number of nitrogens with one attached hydrogen (secondary N) is 1. The van der Waals surface area contributed by atoms with E-state index in [9.17, 15) is 13.2 Å². The van der Waals surface area contributed by atoms with Crippen LogP contribution in [-0.2, 0) is 16.4 Å². The number of amides is 1. The van der Waals surface area contributed by atoms with Crippen molar-refractivity contribution in [1.29, 1.82) is 0 Å². The highest BCUT2D eigenvalue weighted by Crippen LogP contribution is 2.33. The van der Waals surface area contributed by atoms with Crippen molar-refractivity contribution < 1.29 is 13.2 Å². The Bertz CT molecular complexity index is 930. The normalized spacial score (nSPS) is 20.1. The second-order valence-electron chi connectivity index (χ2n) is 6.64. The lowest BCUT2D eigenvalue weighted by atomic mass is 10.1. The van der Waals surface area contributed by atoms with Crippen LogP contribution >= 0.6 is 11.3 Å². The van der Waals surface area contributed by atoms with E-state index in [0.717, 1.165) is 30.6 Å². The maximum atomic E-state index is 12.6. The van der Waals surface area contributed by atoms with Crippen LogP contribution in [0.4, 0.5) is 0 Å². The molecule has 1 aromatic heterocycles. The number of nitrogens with zero attached hydrogens (tertiary/aromatic N) is 1. The first-order valence-corrected chi connectivity index (χ1v) is 10.7. The number of aryl methyl sites for hydroxylation is 2. The highest BCUT2D eigenvalue weighted by molar-refractivity contribution is 7.91. The van der Waals surface area contributed by atoms with Crippen molar-refractivity contribution in [3.05, 3.63) is 51.9 Å². The molecule has 132 valence electrons. The summed E-state index contributed by atoms with van der Waals surface area (Å²) in [7, 11) is -3.42. The monoisotopic (exact) mass is 376 g/mol. The summed E-state index contributed by atoms with van der Waals surface area (Å²) in [6.45, 7) is 3.21. The standard InChI is InChI=1S/C18H20N2O3S2/c1-12-3-5-14-13(11-12)4-6-15(14)19-18(21)16-7-8-17(24-16)25(22,23)20-9-2-10-20/h3,5,7-8,11,15H,2,4,6,9-10H2,1H3,(H,19,21)/t15-/m1/s1. The summed E-state index contributed by atoms with van der Waals surface area (Å²) in [5.41, 5.74) is 3.69. The van der Waals surface area contributed by atoms with Gasteiger partial charge in [-0.2, -0.15) is 4.31 Å². The van der Waals surface area contributed by atoms with Gasteiger partial charge in [0.1, 0.15) is 4.21 Å². The lowest BCUT2D eigenvalue weighted by Gasteiger charge is -2.28. The Morgan fingerprint density at radius 1 is 1.24 bits per heavy atom. The Morgan fingerprint density at radius 3 is 2.76 bits per heavy atom. The number of carbonyl (C=O) groups excluding carboxylic acids is 1. The second kappa shape index (κ2) is 6.23. The van der Waals surface area contributed by atoms with Crippen molar-refractivity contribution in [2.24, 2.45) is 0 Å². The number of rotatable bonds is 4. The van der Waals surface area contributed by atoms with Crippen LogP contribution in [0, 0.1) is 6.92 Å². The van der Waals surface area contributed by atoms with Crippen molar-refractivity contribution in [2.45, 2.75) is 36.4 Å². The van der Waals surface area contributed by atoms with E-state index in [0.29, 0.717) is 18.0 Å². The third-order valence-electron chi connectivity index (χ3n) is 4.90. The first-order valence-electron chi connectivity index (χ1n) is 8.45. The van der Waals surface area contributed by atoms with Gasteiger partial charge in [-0.05, 0) is 49.4 Å². The molecule has 1 N–H and O–H groups in total. The molecule has 1 aliphatic heterocycles. The van der Waals surface area contributed by atoms with Crippen LogP contribution in [0.3, 0.4) is 0 Å². The van der Waals surface area contributed by atoms with Gasteiger partial charge in [0, 0.05) is 13.1 Å². The van der Waals surface area contributed by atoms with E-state index in [-0.39, 0.29) is 16.2 Å². The summed E-state index contributed by atoms with van der Waals surface area (Å²) >= 11 is 1.05. The largest absolute Gasteiger partial charge is 0.345 e. The molecule has 2 aromatic rings. The molecule has 0 radical (unpaired) electrons. The highest BCUT2D eigenvalue weighted by Gasteiger charge is 2.31. The summed E-state index contributed by atoms with van der Waals surface area (Å²) < 4.78 is 26.5. The Morgan fingerprint density at radius 2 is 2.04 bits per heavy atom. The molecule has 0 unspecified atom stereocenters. The molecule has 0 spiro atoms. The zero-order valence-electron chi connectivity index (χ0n) is 14.0. The van der Waals surface area contributed by atoms with E-state index >= 15 is 0 Å². The fourth-order valence-corrected chi connectivity index (χ4v) is 6.24. The molecule has 7 heteroatoms. The number of sulfonamides is 1.